The van der Waals surface area contributed by atoms with Gasteiger partial charge >= 0.3 is 0 Å². The van der Waals surface area contributed by atoms with E-state index >= 15 is 0 Å². The summed E-state index contributed by atoms with van der Waals surface area (Å²) in [6.45, 7) is 7.45. The highest BCUT2D eigenvalue weighted by molar-refractivity contribution is 14.1. The number of nitrogens with one attached hydrogen (secondary N) is 1. The molecule has 0 saturated heterocycles. The van der Waals surface area contributed by atoms with E-state index in [1.54, 1.807) is 13.8 Å². The molecule has 2 rings (SSSR count). The number of halogens is 1. The van der Waals surface area contributed by atoms with E-state index < -0.39 is 0 Å². The maximum absolute atomic E-state index is 13.0. The Morgan fingerprint density at radius 1 is 1.20 bits per heavy atom. The van der Waals surface area contributed by atoms with Gasteiger partial charge in [0, 0.05) is 19.5 Å². The van der Waals surface area contributed by atoms with Crippen LogP contribution in [0.4, 0.5) is 5.69 Å². The summed E-state index contributed by atoms with van der Waals surface area (Å²) in [7, 11) is 1.50. The highest BCUT2D eigenvalue weighted by Crippen LogP contribution is 2.29. The molecule has 1 aromatic heterocycles. The summed E-state index contributed by atoms with van der Waals surface area (Å²) in [5, 5.41) is 15.4. The standard InChI is InChI=1S/C19H23IN2O3/c1-6-13-9-8-10-14(7-2)17(13)21-19(23)15-11(3)22(24)12(4)18(25-5)16(15)20/h8-10H,6-7H2,1-5H3,(H,21,23). The number of anilines is 1. The largest absolute Gasteiger partial charge is 0.618 e. The third kappa shape index (κ3) is 3.58. The minimum atomic E-state index is -0.291. The minimum absolute atomic E-state index is 0.291. The van der Waals surface area contributed by atoms with E-state index in [0.717, 1.165) is 34.4 Å². The maximum atomic E-state index is 13.0. The molecular formula is C19H23IN2O3. The molecule has 1 aromatic carbocycles. The zero-order valence-electron chi connectivity index (χ0n) is 15.2. The van der Waals surface area contributed by atoms with Crippen molar-refractivity contribution in [2.24, 2.45) is 0 Å². The van der Waals surface area contributed by atoms with Crippen molar-refractivity contribution < 1.29 is 14.3 Å². The molecule has 6 heteroatoms. The molecule has 0 atom stereocenters. The maximum Gasteiger partial charge on any atom is 0.263 e. The van der Waals surface area contributed by atoms with Crippen LogP contribution in [0.5, 0.6) is 5.75 Å². The van der Waals surface area contributed by atoms with Crippen molar-refractivity contribution >= 4 is 34.2 Å². The number of nitrogens with zero attached hydrogens (tertiary/aromatic N) is 1. The Morgan fingerprint density at radius 3 is 2.24 bits per heavy atom. The number of hydrogen-bond donors (Lipinski definition) is 1. The van der Waals surface area contributed by atoms with Crippen LogP contribution in [0.1, 0.15) is 46.7 Å². The molecule has 1 amide bonds. The second kappa shape index (κ2) is 8.03. The van der Waals surface area contributed by atoms with Crippen molar-refractivity contribution in [2.45, 2.75) is 40.5 Å². The van der Waals surface area contributed by atoms with E-state index in [2.05, 4.69) is 41.8 Å². The van der Waals surface area contributed by atoms with Gasteiger partial charge in [-0.2, -0.15) is 4.73 Å². The van der Waals surface area contributed by atoms with Crippen LogP contribution in [0.2, 0.25) is 0 Å². The fraction of sp³-hybridized carbons (Fsp3) is 0.368. The number of hydrogen-bond acceptors (Lipinski definition) is 3. The summed E-state index contributed by atoms with van der Waals surface area (Å²) in [6, 6.07) is 6.02. The summed E-state index contributed by atoms with van der Waals surface area (Å²) in [4.78, 5) is 13.0. The smallest absolute Gasteiger partial charge is 0.263 e. The molecule has 0 aliphatic rings. The third-order valence-corrected chi connectivity index (χ3v) is 5.42. The number of pyridine rings is 1. The van der Waals surface area contributed by atoms with Crippen molar-refractivity contribution in [1.82, 2.24) is 0 Å². The number of carbonyl (C=O) groups excluding carboxylic acids is 1. The van der Waals surface area contributed by atoms with Crippen LogP contribution in [0.15, 0.2) is 18.2 Å². The van der Waals surface area contributed by atoms with E-state index in [1.165, 1.54) is 7.11 Å². The average molecular weight is 454 g/mol. The van der Waals surface area contributed by atoms with Gasteiger partial charge in [-0.1, -0.05) is 32.0 Å². The van der Waals surface area contributed by atoms with Crippen LogP contribution >= 0.6 is 22.6 Å². The Hall–Kier alpha value is -1.83. The number of benzene rings is 1. The number of ether oxygens (including phenoxy) is 1. The predicted molar refractivity (Wildman–Crippen MR) is 107 cm³/mol. The highest BCUT2D eigenvalue weighted by atomic mass is 127. The molecule has 0 saturated carbocycles. The molecule has 2 aromatic rings. The molecule has 1 N–H and O–H groups in total. The fourth-order valence-electron chi connectivity index (χ4n) is 2.96. The van der Waals surface area contributed by atoms with Gasteiger partial charge in [0.1, 0.15) is 5.56 Å². The van der Waals surface area contributed by atoms with Gasteiger partial charge in [0.2, 0.25) is 17.1 Å². The van der Waals surface area contributed by atoms with Crippen LogP contribution in [0, 0.1) is 22.6 Å². The third-order valence-electron chi connectivity index (χ3n) is 4.39. The van der Waals surface area contributed by atoms with Gasteiger partial charge < -0.3 is 15.3 Å². The monoisotopic (exact) mass is 454 g/mol. The lowest BCUT2D eigenvalue weighted by Crippen LogP contribution is -2.38. The highest BCUT2D eigenvalue weighted by Gasteiger charge is 2.28. The lowest BCUT2D eigenvalue weighted by Gasteiger charge is -2.17. The summed E-state index contributed by atoms with van der Waals surface area (Å²) < 4.78 is 6.73. The van der Waals surface area contributed by atoms with E-state index in [4.69, 9.17) is 4.74 Å². The quantitative estimate of drug-likeness (QED) is 0.423. The molecule has 0 spiro atoms. The van der Waals surface area contributed by atoms with E-state index in [0.29, 0.717) is 26.3 Å². The van der Waals surface area contributed by atoms with Crippen molar-refractivity contribution in [1.29, 1.82) is 0 Å². The van der Waals surface area contributed by atoms with Gasteiger partial charge in [-0.05, 0) is 46.6 Å². The summed E-state index contributed by atoms with van der Waals surface area (Å²) in [6.07, 6.45) is 1.64. The van der Waals surface area contributed by atoms with E-state index in [-0.39, 0.29) is 5.91 Å². The molecule has 0 aliphatic heterocycles. The minimum Gasteiger partial charge on any atom is -0.618 e. The molecule has 25 heavy (non-hydrogen) atoms. The lowest BCUT2D eigenvalue weighted by molar-refractivity contribution is -0.619. The molecule has 134 valence electrons. The molecule has 0 radical (unpaired) electrons. The first kappa shape index (κ1) is 19.5. The summed E-state index contributed by atoms with van der Waals surface area (Å²) >= 11 is 2.06. The van der Waals surface area contributed by atoms with Crippen LogP contribution in [0.3, 0.4) is 0 Å². The Balaban J connectivity index is 2.56. The fourth-order valence-corrected chi connectivity index (χ4v) is 4.20. The number of rotatable bonds is 5. The van der Waals surface area contributed by atoms with Crippen LogP contribution in [0.25, 0.3) is 0 Å². The van der Waals surface area contributed by atoms with Crippen molar-refractivity contribution in [3.63, 3.8) is 0 Å². The van der Waals surface area contributed by atoms with Crippen LogP contribution in [-0.2, 0) is 12.8 Å². The van der Waals surface area contributed by atoms with E-state index in [9.17, 15) is 10.0 Å². The first-order valence-electron chi connectivity index (χ1n) is 8.25. The van der Waals surface area contributed by atoms with Gasteiger partial charge in [0.05, 0.1) is 10.7 Å². The number of amides is 1. The molecule has 0 aliphatic carbocycles. The molecule has 0 fully saturated rings. The number of aromatic nitrogens is 1. The van der Waals surface area contributed by atoms with Gasteiger partial charge in [-0.25, -0.2) is 0 Å². The van der Waals surface area contributed by atoms with Crippen molar-refractivity contribution in [3.05, 3.63) is 55.1 Å². The van der Waals surface area contributed by atoms with Crippen LogP contribution in [-0.4, -0.2) is 13.0 Å². The normalized spacial score (nSPS) is 10.6. The van der Waals surface area contributed by atoms with Crippen LogP contribution < -0.4 is 14.8 Å². The molecule has 1 heterocycles. The Kier molecular flexibility index (Phi) is 6.26. The van der Waals surface area contributed by atoms with Gasteiger partial charge in [-0.3, -0.25) is 4.79 Å². The Labute approximate surface area is 162 Å². The average Bonchev–Trinajstić information content (AvgIpc) is 2.60. The number of carbonyl (C=O) groups is 1. The van der Waals surface area contributed by atoms with Gasteiger partial charge in [-0.15, -0.1) is 0 Å². The molecule has 5 nitrogen and oxygen atoms in total. The second-order valence-electron chi connectivity index (χ2n) is 5.80. The van der Waals surface area contributed by atoms with Crippen molar-refractivity contribution in [2.75, 3.05) is 12.4 Å². The lowest BCUT2D eigenvalue weighted by atomic mass is 10.0. The first-order chi connectivity index (χ1) is 11.9. The predicted octanol–water partition coefficient (Wildman–Crippen LogP) is 3.93. The number of aryl methyl sites for hydroxylation is 2. The molecule has 0 bridgehead atoms. The second-order valence-corrected chi connectivity index (χ2v) is 6.88. The molecule has 0 unspecified atom stereocenters. The number of methoxy groups -OCH3 is 1. The zero-order chi connectivity index (χ0) is 18.7. The molecular weight excluding hydrogens is 431 g/mol. The van der Waals surface area contributed by atoms with Gasteiger partial charge in [0.25, 0.3) is 5.91 Å². The van der Waals surface area contributed by atoms with E-state index in [1.807, 2.05) is 18.2 Å². The summed E-state index contributed by atoms with van der Waals surface area (Å²) in [5.74, 6) is 0.145. The Bertz CT molecular complexity index is 797. The first-order valence-corrected chi connectivity index (χ1v) is 9.33. The zero-order valence-corrected chi connectivity index (χ0v) is 17.4. The topological polar surface area (TPSA) is 65.3 Å². The van der Waals surface area contributed by atoms with Gasteiger partial charge in [0.15, 0.2) is 0 Å². The Morgan fingerprint density at radius 2 is 1.76 bits per heavy atom. The number of para-hydroxylation sites is 1. The van der Waals surface area contributed by atoms with Crippen molar-refractivity contribution in [3.8, 4) is 5.75 Å². The SMILES string of the molecule is CCc1cccc(CC)c1NC(=O)c1c(I)c(OC)c(C)[n+]([O-])c1C. The summed E-state index contributed by atoms with van der Waals surface area (Å²) in [5.41, 5.74) is 4.16.